The molecule has 30 heavy (non-hydrogen) atoms. The molecule has 0 spiro atoms. The third-order valence-corrected chi connectivity index (χ3v) is 5.54. The van der Waals surface area contributed by atoms with E-state index in [1.165, 1.54) is 12.1 Å². The first kappa shape index (κ1) is 20.5. The quantitative estimate of drug-likeness (QED) is 0.640. The van der Waals surface area contributed by atoms with E-state index in [-0.39, 0.29) is 17.6 Å². The Morgan fingerprint density at radius 2 is 2.07 bits per heavy atom. The van der Waals surface area contributed by atoms with Gasteiger partial charge in [-0.2, -0.15) is 4.98 Å². The van der Waals surface area contributed by atoms with Crippen molar-refractivity contribution in [3.8, 4) is 11.4 Å². The number of nitrogens with one attached hydrogen (secondary N) is 1. The predicted molar refractivity (Wildman–Crippen MR) is 113 cm³/mol. The molecule has 1 amide bonds. The predicted octanol–water partition coefficient (Wildman–Crippen LogP) is 4.66. The fourth-order valence-electron chi connectivity index (χ4n) is 3.60. The van der Waals surface area contributed by atoms with Crippen LogP contribution < -0.4 is 5.32 Å². The monoisotopic (exact) mass is 428 g/mol. The smallest absolute Gasteiger partial charge is 0.238 e. The van der Waals surface area contributed by atoms with Crippen LogP contribution in [0.2, 0.25) is 5.02 Å². The Morgan fingerprint density at radius 3 is 2.80 bits per heavy atom. The van der Waals surface area contributed by atoms with E-state index in [0.717, 1.165) is 31.5 Å². The van der Waals surface area contributed by atoms with Gasteiger partial charge in [-0.3, -0.25) is 9.69 Å². The van der Waals surface area contributed by atoms with Crippen molar-refractivity contribution < 1.29 is 13.7 Å². The number of hydrogen-bond acceptors (Lipinski definition) is 5. The van der Waals surface area contributed by atoms with Gasteiger partial charge >= 0.3 is 0 Å². The number of hydrogen-bond donors (Lipinski definition) is 1. The molecule has 1 saturated heterocycles. The first-order chi connectivity index (χ1) is 14.5. The molecule has 1 aliphatic rings. The second-order valence-corrected chi connectivity index (χ2v) is 7.96. The van der Waals surface area contributed by atoms with Crippen LogP contribution in [0.25, 0.3) is 11.4 Å². The highest BCUT2D eigenvalue weighted by molar-refractivity contribution is 6.33. The van der Waals surface area contributed by atoms with Gasteiger partial charge in [0.25, 0.3) is 0 Å². The number of piperidine rings is 1. The van der Waals surface area contributed by atoms with Crippen molar-refractivity contribution >= 4 is 23.2 Å². The molecule has 1 aromatic heterocycles. The number of benzene rings is 2. The van der Waals surface area contributed by atoms with Crippen molar-refractivity contribution in [3.63, 3.8) is 0 Å². The van der Waals surface area contributed by atoms with Crippen LogP contribution >= 0.6 is 11.6 Å². The van der Waals surface area contributed by atoms with Crippen molar-refractivity contribution in [3.05, 3.63) is 64.8 Å². The lowest BCUT2D eigenvalue weighted by molar-refractivity contribution is -0.117. The number of amides is 1. The number of nitrogens with zero attached hydrogens (tertiary/aromatic N) is 3. The lowest BCUT2D eigenvalue weighted by Gasteiger charge is -2.29. The second kappa shape index (κ2) is 8.93. The number of carbonyl (C=O) groups excluding carboxylic acids is 1. The highest BCUT2D eigenvalue weighted by Gasteiger charge is 2.26. The molecule has 1 aliphatic heterocycles. The zero-order valence-corrected chi connectivity index (χ0v) is 17.3. The molecular formula is C22H22ClFN4O2. The zero-order valence-electron chi connectivity index (χ0n) is 16.6. The third-order valence-electron chi connectivity index (χ3n) is 5.23. The van der Waals surface area contributed by atoms with Gasteiger partial charge in [0.05, 0.1) is 17.3 Å². The SMILES string of the molecule is Cc1ccc(NC(=O)CN2CCC(c3nc(-c4cccc(F)c4)no3)CC2)c(Cl)c1. The molecule has 2 heterocycles. The Labute approximate surface area is 179 Å². The van der Waals surface area contributed by atoms with E-state index in [2.05, 4.69) is 20.4 Å². The molecule has 1 fully saturated rings. The van der Waals surface area contributed by atoms with Gasteiger partial charge < -0.3 is 9.84 Å². The Kier molecular flexibility index (Phi) is 6.11. The summed E-state index contributed by atoms with van der Waals surface area (Å²) in [5.74, 6) is 0.652. The molecule has 0 atom stereocenters. The van der Waals surface area contributed by atoms with Crippen molar-refractivity contribution in [2.75, 3.05) is 25.0 Å². The zero-order chi connectivity index (χ0) is 21.1. The van der Waals surface area contributed by atoms with E-state index in [1.54, 1.807) is 12.1 Å². The molecule has 1 N–H and O–H groups in total. The van der Waals surface area contributed by atoms with Gasteiger partial charge in [-0.15, -0.1) is 0 Å². The lowest BCUT2D eigenvalue weighted by atomic mass is 9.97. The first-order valence-corrected chi connectivity index (χ1v) is 10.2. The van der Waals surface area contributed by atoms with Crippen LogP contribution in [0, 0.1) is 12.7 Å². The molecule has 0 aliphatic carbocycles. The molecule has 2 aromatic carbocycles. The van der Waals surface area contributed by atoms with Gasteiger partial charge in [-0.1, -0.05) is 35.0 Å². The molecule has 3 aromatic rings. The molecule has 6 nitrogen and oxygen atoms in total. The van der Waals surface area contributed by atoms with Crippen LogP contribution in [0.15, 0.2) is 47.0 Å². The largest absolute Gasteiger partial charge is 0.339 e. The summed E-state index contributed by atoms with van der Waals surface area (Å²) in [6, 6.07) is 11.7. The average molecular weight is 429 g/mol. The molecule has 0 radical (unpaired) electrons. The van der Waals surface area contributed by atoms with Gasteiger partial charge in [0, 0.05) is 11.5 Å². The van der Waals surface area contributed by atoms with Crippen LogP contribution in [0.5, 0.6) is 0 Å². The topological polar surface area (TPSA) is 71.3 Å². The van der Waals surface area contributed by atoms with Crippen LogP contribution in [0.1, 0.15) is 30.2 Å². The number of carbonyl (C=O) groups is 1. The number of likely N-dealkylation sites (tertiary alicyclic amines) is 1. The van der Waals surface area contributed by atoms with Gasteiger partial charge in [0.15, 0.2) is 0 Å². The minimum absolute atomic E-state index is 0.0922. The number of halogens is 2. The molecule has 4 rings (SSSR count). The summed E-state index contributed by atoms with van der Waals surface area (Å²) in [5.41, 5.74) is 2.26. The van der Waals surface area contributed by atoms with E-state index in [0.29, 0.717) is 34.5 Å². The van der Waals surface area contributed by atoms with E-state index in [4.69, 9.17) is 16.1 Å². The summed E-state index contributed by atoms with van der Waals surface area (Å²) in [6.45, 7) is 3.75. The van der Waals surface area contributed by atoms with E-state index < -0.39 is 0 Å². The van der Waals surface area contributed by atoms with Crippen molar-refractivity contribution in [2.45, 2.75) is 25.7 Å². The summed E-state index contributed by atoms with van der Waals surface area (Å²) in [6.07, 6.45) is 1.62. The summed E-state index contributed by atoms with van der Waals surface area (Å²) in [4.78, 5) is 18.9. The maximum Gasteiger partial charge on any atom is 0.238 e. The number of aryl methyl sites for hydroxylation is 1. The minimum Gasteiger partial charge on any atom is -0.339 e. The highest BCUT2D eigenvalue weighted by atomic mass is 35.5. The summed E-state index contributed by atoms with van der Waals surface area (Å²) < 4.78 is 18.8. The minimum atomic E-state index is -0.336. The Morgan fingerprint density at radius 1 is 1.27 bits per heavy atom. The highest BCUT2D eigenvalue weighted by Crippen LogP contribution is 2.29. The molecule has 156 valence electrons. The molecule has 0 bridgehead atoms. The van der Waals surface area contributed by atoms with E-state index in [9.17, 15) is 9.18 Å². The van der Waals surface area contributed by atoms with E-state index in [1.807, 2.05) is 25.1 Å². The van der Waals surface area contributed by atoms with Crippen LogP contribution in [0.3, 0.4) is 0 Å². The lowest BCUT2D eigenvalue weighted by Crippen LogP contribution is -2.38. The Bertz CT molecular complexity index is 1050. The summed E-state index contributed by atoms with van der Waals surface area (Å²) in [7, 11) is 0. The maximum absolute atomic E-state index is 13.4. The van der Waals surface area contributed by atoms with Crippen LogP contribution in [-0.4, -0.2) is 40.6 Å². The van der Waals surface area contributed by atoms with Crippen molar-refractivity contribution in [1.29, 1.82) is 0 Å². The third kappa shape index (κ3) is 4.86. The second-order valence-electron chi connectivity index (χ2n) is 7.55. The van der Waals surface area contributed by atoms with Crippen LogP contribution in [0.4, 0.5) is 10.1 Å². The van der Waals surface area contributed by atoms with Gasteiger partial charge in [0.2, 0.25) is 17.6 Å². The van der Waals surface area contributed by atoms with Gasteiger partial charge in [0.1, 0.15) is 5.82 Å². The first-order valence-electron chi connectivity index (χ1n) is 9.86. The normalized spacial score (nSPS) is 15.3. The molecular weight excluding hydrogens is 407 g/mol. The average Bonchev–Trinajstić information content (AvgIpc) is 3.21. The Balaban J connectivity index is 1.30. The maximum atomic E-state index is 13.4. The van der Waals surface area contributed by atoms with Crippen LogP contribution in [-0.2, 0) is 4.79 Å². The number of aromatic nitrogens is 2. The van der Waals surface area contributed by atoms with Gasteiger partial charge in [-0.25, -0.2) is 4.39 Å². The Hall–Kier alpha value is -2.77. The standard InChI is InChI=1S/C22H22ClFN4O2/c1-14-5-6-19(18(23)11-14)25-20(29)13-28-9-7-15(8-10-28)22-26-21(27-30-22)16-3-2-4-17(24)12-16/h2-6,11-12,15H,7-10,13H2,1H3,(H,25,29). The fraction of sp³-hybridized carbons (Fsp3) is 0.318. The van der Waals surface area contributed by atoms with Crippen molar-refractivity contribution in [2.24, 2.45) is 0 Å². The van der Waals surface area contributed by atoms with Gasteiger partial charge in [-0.05, 0) is 62.7 Å². The van der Waals surface area contributed by atoms with E-state index >= 15 is 0 Å². The molecule has 8 heteroatoms. The fourth-order valence-corrected chi connectivity index (χ4v) is 3.88. The molecule has 0 saturated carbocycles. The van der Waals surface area contributed by atoms with Crippen molar-refractivity contribution in [1.82, 2.24) is 15.0 Å². The summed E-state index contributed by atoms with van der Waals surface area (Å²) >= 11 is 6.19. The summed E-state index contributed by atoms with van der Waals surface area (Å²) in [5, 5.41) is 7.39. The molecule has 0 unspecified atom stereocenters. The number of rotatable bonds is 5. The number of anilines is 1.